The van der Waals surface area contributed by atoms with Gasteiger partial charge in [-0.2, -0.15) is 20.3 Å². The Hall–Kier alpha value is -2.83. The van der Waals surface area contributed by atoms with Gasteiger partial charge in [0.05, 0.1) is 26.5 Å². The van der Waals surface area contributed by atoms with Crippen molar-refractivity contribution in [2.75, 3.05) is 5.01 Å². The van der Waals surface area contributed by atoms with Crippen molar-refractivity contribution in [2.45, 2.75) is 13.0 Å². The second-order valence-electron chi connectivity index (χ2n) is 6.42. The minimum Gasteiger partial charge on any atom is -0.269 e. The molecule has 0 aliphatic carbocycles. The largest absolute Gasteiger partial charge is 0.282 e. The number of hydrogen-bond acceptors (Lipinski definition) is 8. The molecule has 1 atom stereocenters. The van der Waals surface area contributed by atoms with E-state index in [0.717, 1.165) is 15.7 Å². The molecule has 0 N–H and O–H groups in total. The second-order valence-corrected chi connectivity index (χ2v) is 9.03. The molecule has 156 valence electrons. The number of rotatable bonds is 5. The van der Waals surface area contributed by atoms with Crippen LogP contribution in [0.2, 0.25) is 0 Å². The maximum atomic E-state index is 12.9. The molecule has 2 aromatic carbocycles. The van der Waals surface area contributed by atoms with Gasteiger partial charge < -0.3 is 0 Å². The number of hydrogen-bond donors (Lipinski definition) is 0. The first kappa shape index (κ1) is 21.4. The predicted octanol–water partition coefficient (Wildman–Crippen LogP) is 6.12. The van der Waals surface area contributed by atoms with Gasteiger partial charge in [0.1, 0.15) is 0 Å². The van der Waals surface area contributed by atoms with Gasteiger partial charge in [0.2, 0.25) is 5.13 Å². The van der Waals surface area contributed by atoms with Gasteiger partial charge in [-0.3, -0.25) is 14.9 Å². The Balaban J connectivity index is 1.53. The molecular weight excluding hydrogens is 552 g/mol. The van der Waals surface area contributed by atoms with E-state index < -0.39 is 11.0 Å². The Kier molecular flexibility index (Phi) is 6.03. The smallest absolute Gasteiger partial charge is 0.269 e. The van der Waals surface area contributed by atoms with Crippen molar-refractivity contribution in [1.82, 2.24) is 4.98 Å². The number of thiazole rings is 1. The van der Waals surface area contributed by atoms with Crippen LogP contribution in [0.3, 0.4) is 0 Å². The van der Waals surface area contributed by atoms with Gasteiger partial charge in [-0.1, -0.05) is 28.1 Å². The molecule has 3 aromatic rings. The molecule has 4 rings (SSSR count). The van der Waals surface area contributed by atoms with Gasteiger partial charge >= 0.3 is 0 Å². The van der Waals surface area contributed by atoms with Crippen LogP contribution in [0.15, 0.2) is 72.1 Å². The van der Waals surface area contributed by atoms with E-state index in [1.54, 1.807) is 6.92 Å². The van der Waals surface area contributed by atoms with E-state index in [9.17, 15) is 14.9 Å². The Morgan fingerprint density at radius 2 is 1.94 bits per heavy atom. The fourth-order valence-corrected chi connectivity index (χ4v) is 4.25. The summed E-state index contributed by atoms with van der Waals surface area (Å²) in [5, 5.41) is 26.9. The predicted molar refractivity (Wildman–Crippen MR) is 125 cm³/mol. The lowest BCUT2D eigenvalue weighted by atomic mass is 10.2. The number of nitro groups is 1. The molecule has 2 heterocycles. The molecule has 0 bridgehead atoms. The zero-order valence-corrected chi connectivity index (χ0v) is 19.8. The summed E-state index contributed by atoms with van der Waals surface area (Å²) in [7, 11) is 0. The number of non-ortho nitro benzene ring substituents is 1. The number of aromatic nitrogens is 1. The Morgan fingerprint density at radius 3 is 2.61 bits per heavy atom. The lowest BCUT2D eigenvalue weighted by molar-refractivity contribution is -0.384. The SMILES string of the molecule is CC1=NN(c2nc(-c3ccc(Br)cc3)cs2)C(=O)[C@H]1N=Nc1ccc([N+](=O)[O-])cc1Br. The molecule has 31 heavy (non-hydrogen) atoms. The number of azo groups is 1. The van der Waals surface area contributed by atoms with Crippen molar-refractivity contribution >= 4 is 71.3 Å². The van der Waals surface area contributed by atoms with Gasteiger partial charge in [-0.25, -0.2) is 4.98 Å². The molecule has 0 saturated carbocycles. The third-order valence-electron chi connectivity index (χ3n) is 4.33. The van der Waals surface area contributed by atoms with Gasteiger partial charge in [-0.05, 0) is 41.1 Å². The lowest BCUT2D eigenvalue weighted by Gasteiger charge is -2.08. The molecule has 0 saturated heterocycles. The Labute approximate surface area is 196 Å². The van der Waals surface area contributed by atoms with Crippen molar-refractivity contribution in [3.05, 3.63) is 66.9 Å². The summed E-state index contributed by atoms with van der Waals surface area (Å²) in [6, 6.07) is 10.9. The van der Waals surface area contributed by atoms with Crippen molar-refractivity contribution in [3.8, 4) is 11.3 Å². The number of anilines is 1. The molecule has 1 aliphatic rings. The fourth-order valence-electron chi connectivity index (χ4n) is 2.75. The first-order chi connectivity index (χ1) is 14.8. The van der Waals surface area contributed by atoms with E-state index in [-0.39, 0.29) is 11.6 Å². The van der Waals surface area contributed by atoms with E-state index in [2.05, 4.69) is 52.2 Å². The lowest BCUT2D eigenvalue weighted by Crippen LogP contribution is -2.29. The highest BCUT2D eigenvalue weighted by Crippen LogP contribution is 2.33. The van der Waals surface area contributed by atoms with Crippen molar-refractivity contribution < 1.29 is 9.72 Å². The monoisotopic (exact) mass is 562 g/mol. The number of carbonyl (C=O) groups excluding carboxylic acids is 1. The molecule has 9 nitrogen and oxygen atoms in total. The Bertz CT molecular complexity index is 1240. The van der Waals surface area contributed by atoms with Crippen LogP contribution in [0.5, 0.6) is 0 Å². The number of nitrogens with zero attached hydrogens (tertiary/aromatic N) is 6. The number of carbonyl (C=O) groups is 1. The first-order valence-electron chi connectivity index (χ1n) is 8.79. The van der Waals surface area contributed by atoms with E-state index in [4.69, 9.17) is 0 Å². The van der Waals surface area contributed by atoms with Crippen LogP contribution in [0.4, 0.5) is 16.5 Å². The number of nitro benzene ring substituents is 1. The van der Waals surface area contributed by atoms with E-state index in [1.807, 2.05) is 29.6 Å². The molecule has 12 heteroatoms. The van der Waals surface area contributed by atoms with Crippen LogP contribution in [0.25, 0.3) is 11.3 Å². The third kappa shape index (κ3) is 4.45. The van der Waals surface area contributed by atoms with Crippen LogP contribution in [-0.4, -0.2) is 27.6 Å². The summed E-state index contributed by atoms with van der Waals surface area (Å²) in [6.07, 6.45) is 0. The first-order valence-corrected chi connectivity index (χ1v) is 11.3. The summed E-state index contributed by atoms with van der Waals surface area (Å²) < 4.78 is 1.37. The minimum absolute atomic E-state index is 0.0722. The highest BCUT2D eigenvalue weighted by atomic mass is 79.9. The molecule has 0 spiro atoms. The topological polar surface area (TPSA) is 113 Å². The minimum atomic E-state index is -0.887. The average molecular weight is 564 g/mol. The second kappa shape index (κ2) is 8.73. The molecule has 1 aromatic heterocycles. The van der Waals surface area contributed by atoms with E-state index in [0.29, 0.717) is 21.0 Å². The van der Waals surface area contributed by atoms with Crippen molar-refractivity contribution in [2.24, 2.45) is 15.3 Å². The van der Waals surface area contributed by atoms with Crippen LogP contribution >= 0.6 is 43.2 Å². The van der Waals surface area contributed by atoms with Gasteiger partial charge in [0.25, 0.3) is 11.6 Å². The summed E-state index contributed by atoms with van der Waals surface area (Å²) in [5.74, 6) is -0.365. The molecule has 0 unspecified atom stereocenters. The van der Waals surface area contributed by atoms with E-state index in [1.165, 1.54) is 34.5 Å². The maximum Gasteiger partial charge on any atom is 0.282 e. The maximum absolute atomic E-state index is 12.9. The summed E-state index contributed by atoms with van der Waals surface area (Å²) >= 11 is 7.95. The van der Waals surface area contributed by atoms with Crippen molar-refractivity contribution in [1.29, 1.82) is 0 Å². The number of halogens is 2. The quantitative estimate of drug-likeness (QED) is 0.211. The number of hydrazone groups is 1. The van der Waals surface area contributed by atoms with Crippen molar-refractivity contribution in [3.63, 3.8) is 0 Å². The highest BCUT2D eigenvalue weighted by Gasteiger charge is 2.36. The Morgan fingerprint density at radius 1 is 1.19 bits per heavy atom. The summed E-state index contributed by atoms with van der Waals surface area (Å²) in [6.45, 7) is 1.69. The standard InChI is InChI=1S/C19H12Br2N6O3S/c1-10-17(24-23-15-7-6-13(27(29)30)8-14(15)21)18(28)26(25-10)19-22-16(9-31-19)11-2-4-12(20)5-3-11/h2-9,17H,1H3/t17-/m0/s1. The fraction of sp³-hybridized carbons (Fsp3) is 0.105. The molecule has 1 amide bonds. The summed E-state index contributed by atoms with van der Waals surface area (Å²) in [5.41, 5.74) is 2.45. The van der Waals surface area contributed by atoms with Crippen LogP contribution in [0.1, 0.15) is 6.92 Å². The zero-order valence-electron chi connectivity index (χ0n) is 15.8. The average Bonchev–Trinajstić information content (AvgIpc) is 3.33. The van der Waals surface area contributed by atoms with E-state index >= 15 is 0 Å². The van der Waals surface area contributed by atoms with Crippen LogP contribution in [-0.2, 0) is 4.79 Å². The highest BCUT2D eigenvalue weighted by molar-refractivity contribution is 9.10. The summed E-state index contributed by atoms with van der Waals surface area (Å²) in [4.78, 5) is 27.8. The van der Waals surface area contributed by atoms with Gasteiger partial charge in [-0.15, -0.1) is 11.3 Å². The van der Waals surface area contributed by atoms with Crippen LogP contribution in [0, 0.1) is 10.1 Å². The molecule has 1 aliphatic heterocycles. The van der Waals surface area contributed by atoms with Gasteiger partial charge in [0.15, 0.2) is 6.04 Å². The number of amides is 1. The van der Waals surface area contributed by atoms with Gasteiger partial charge in [0, 0.05) is 27.5 Å². The zero-order chi connectivity index (χ0) is 22.1. The molecular formula is C19H12Br2N6O3S. The molecule has 0 fully saturated rings. The number of benzene rings is 2. The third-order valence-corrected chi connectivity index (χ3v) is 6.31. The molecule has 0 radical (unpaired) electrons. The normalized spacial score (nSPS) is 16.2. The van der Waals surface area contributed by atoms with Crippen LogP contribution < -0.4 is 5.01 Å².